The molecule has 3 nitrogen and oxygen atoms in total. The lowest BCUT2D eigenvalue weighted by Crippen LogP contribution is -2.75. The molecule has 0 aromatic carbocycles. The number of ether oxygens (including phenoxy) is 3. The summed E-state index contributed by atoms with van der Waals surface area (Å²) in [5, 5.41) is 0. The zero-order valence-corrected chi connectivity index (χ0v) is 14.9. The normalized spacial score (nSPS) is 19.7. The Morgan fingerprint density at radius 1 is 0.613 bits per heavy atom. The lowest BCUT2D eigenvalue weighted by Gasteiger charge is -2.44. The molecule has 0 aliphatic carbocycles. The number of halogens is 16. The molecule has 0 saturated carbocycles. The van der Waals surface area contributed by atoms with Crippen molar-refractivity contribution in [1.29, 1.82) is 0 Å². The fraction of sp³-hybridized carbons (Fsp3) is 1.00. The van der Waals surface area contributed by atoms with Crippen LogP contribution in [0.3, 0.4) is 0 Å². The van der Waals surface area contributed by atoms with Gasteiger partial charge in [-0.05, 0) is 0 Å². The van der Waals surface area contributed by atoms with Crippen molar-refractivity contribution in [3.63, 3.8) is 0 Å². The Morgan fingerprint density at radius 3 is 1.32 bits per heavy atom. The van der Waals surface area contributed by atoms with Crippen LogP contribution in [-0.4, -0.2) is 73.4 Å². The van der Waals surface area contributed by atoms with E-state index < -0.39 is 73.4 Å². The van der Waals surface area contributed by atoms with Gasteiger partial charge in [-0.1, -0.05) is 0 Å². The molecule has 1 saturated heterocycles. The minimum absolute atomic E-state index is 0.849. The summed E-state index contributed by atoms with van der Waals surface area (Å²) in [7, 11) is 0. The molecule has 186 valence electrons. The highest BCUT2D eigenvalue weighted by atomic mass is 35.5. The molecular formula is C12H8ClF15O3. The van der Waals surface area contributed by atoms with Gasteiger partial charge in [0.15, 0.2) is 0 Å². The van der Waals surface area contributed by atoms with Gasteiger partial charge in [0.25, 0.3) is 0 Å². The summed E-state index contributed by atoms with van der Waals surface area (Å²) in [5.74, 6) is -53.2. The van der Waals surface area contributed by atoms with Gasteiger partial charge in [-0.2, -0.15) is 65.9 Å². The zero-order valence-electron chi connectivity index (χ0n) is 14.1. The maximum Gasteiger partial charge on any atom is 0.460 e. The van der Waals surface area contributed by atoms with Crippen molar-refractivity contribution >= 4 is 11.6 Å². The van der Waals surface area contributed by atoms with Crippen LogP contribution in [0.25, 0.3) is 0 Å². The topological polar surface area (TPSA) is 27.7 Å². The van der Waals surface area contributed by atoms with Crippen molar-refractivity contribution in [2.24, 2.45) is 0 Å². The van der Waals surface area contributed by atoms with E-state index in [0.717, 1.165) is 0 Å². The highest BCUT2D eigenvalue weighted by Crippen LogP contribution is 2.64. The van der Waals surface area contributed by atoms with Crippen molar-refractivity contribution in [3.8, 4) is 0 Å². The minimum atomic E-state index is -8.40. The van der Waals surface area contributed by atoms with Gasteiger partial charge < -0.3 is 14.2 Å². The van der Waals surface area contributed by atoms with Crippen LogP contribution in [0, 0.1) is 0 Å². The maximum atomic E-state index is 14.2. The molecule has 31 heavy (non-hydrogen) atoms. The van der Waals surface area contributed by atoms with Crippen molar-refractivity contribution in [3.05, 3.63) is 0 Å². The Kier molecular flexibility index (Phi) is 7.14. The summed E-state index contributed by atoms with van der Waals surface area (Å²) >= 11 is 5.00. The zero-order chi connectivity index (χ0) is 24.9. The Hall–Kier alpha value is -0.880. The van der Waals surface area contributed by atoms with Gasteiger partial charge in [0, 0.05) is 5.88 Å². The van der Waals surface area contributed by atoms with Crippen LogP contribution >= 0.6 is 11.6 Å². The molecule has 0 aromatic heterocycles. The van der Waals surface area contributed by atoms with Crippen LogP contribution in [0.2, 0.25) is 0 Å². The molecule has 0 aromatic rings. The largest absolute Gasteiger partial charge is 0.460 e. The second-order valence-corrected chi connectivity index (χ2v) is 6.11. The van der Waals surface area contributed by atoms with Crippen molar-refractivity contribution in [2.75, 3.05) is 25.7 Å². The molecule has 19 heteroatoms. The van der Waals surface area contributed by atoms with E-state index in [9.17, 15) is 65.9 Å². The van der Waals surface area contributed by atoms with Gasteiger partial charge in [-0.25, -0.2) is 0 Å². The van der Waals surface area contributed by atoms with E-state index in [1.807, 2.05) is 0 Å². The van der Waals surface area contributed by atoms with Crippen LogP contribution in [0.1, 0.15) is 0 Å². The SMILES string of the molecule is FC(F)(F)C(F)(F)C(F)(F)C(F)(F)C(F)(F)C(F)(F)C(F)(F)C1(OCCCl)OCCO1. The van der Waals surface area contributed by atoms with Crippen LogP contribution in [0.4, 0.5) is 65.9 Å². The molecule has 0 N–H and O–H groups in total. The Morgan fingerprint density at radius 2 is 0.968 bits per heavy atom. The molecule has 0 amide bonds. The quantitative estimate of drug-likeness (QED) is 0.304. The molecule has 0 bridgehead atoms. The first-order chi connectivity index (χ1) is 13.5. The third-order valence-electron chi connectivity index (χ3n) is 3.75. The molecule has 1 aliphatic heterocycles. The molecule has 0 atom stereocenters. The van der Waals surface area contributed by atoms with Gasteiger partial charge in [-0.3, -0.25) is 0 Å². The highest BCUT2D eigenvalue weighted by Gasteiger charge is 2.95. The Labute approximate surface area is 166 Å². The lowest BCUT2D eigenvalue weighted by atomic mass is 9.90. The van der Waals surface area contributed by atoms with E-state index in [2.05, 4.69) is 14.2 Å². The molecule has 1 rings (SSSR count). The average Bonchev–Trinajstić information content (AvgIpc) is 3.08. The summed E-state index contributed by atoms with van der Waals surface area (Å²) in [5.41, 5.74) is 0. The van der Waals surface area contributed by atoms with Gasteiger partial charge in [-0.15, -0.1) is 11.6 Å². The molecule has 1 fully saturated rings. The van der Waals surface area contributed by atoms with Crippen LogP contribution < -0.4 is 0 Å². The van der Waals surface area contributed by atoms with E-state index in [1.165, 1.54) is 0 Å². The molecule has 1 heterocycles. The number of hydrogen-bond donors (Lipinski definition) is 0. The summed E-state index contributed by atoms with van der Waals surface area (Å²) < 4.78 is 210. The van der Waals surface area contributed by atoms with E-state index in [-0.39, 0.29) is 0 Å². The minimum Gasteiger partial charge on any atom is -0.321 e. The van der Waals surface area contributed by atoms with Crippen molar-refractivity contribution in [1.82, 2.24) is 0 Å². The molecule has 1 aliphatic rings. The maximum absolute atomic E-state index is 14.2. The molecular weight excluding hydrogens is 513 g/mol. The van der Waals surface area contributed by atoms with Crippen LogP contribution in [0.5, 0.6) is 0 Å². The third-order valence-corrected chi connectivity index (χ3v) is 3.90. The van der Waals surface area contributed by atoms with Crippen molar-refractivity contribution < 1.29 is 80.1 Å². The van der Waals surface area contributed by atoms with E-state index in [4.69, 9.17) is 11.6 Å². The smallest absolute Gasteiger partial charge is 0.321 e. The molecule has 0 unspecified atom stereocenters. The summed E-state index contributed by atoms with van der Waals surface area (Å²) in [6.07, 6.45) is -7.67. The Balaban J connectivity index is 3.61. The summed E-state index contributed by atoms with van der Waals surface area (Å²) in [6.45, 7) is -3.52. The van der Waals surface area contributed by atoms with E-state index in [1.54, 1.807) is 0 Å². The fourth-order valence-electron chi connectivity index (χ4n) is 2.08. The molecule has 0 radical (unpaired) electrons. The number of alkyl halides is 16. The second kappa shape index (κ2) is 7.86. The average molecular weight is 521 g/mol. The van der Waals surface area contributed by atoms with Gasteiger partial charge in [0.2, 0.25) is 0 Å². The fourth-order valence-corrected chi connectivity index (χ4v) is 2.16. The number of rotatable bonds is 9. The van der Waals surface area contributed by atoms with Crippen molar-refractivity contribution in [2.45, 2.75) is 47.7 Å². The highest BCUT2D eigenvalue weighted by molar-refractivity contribution is 6.17. The Bertz CT molecular complexity index is 642. The number of hydrogen-bond acceptors (Lipinski definition) is 3. The predicted molar refractivity (Wildman–Crippen MR) is 67.0 cm³/mol. The summed E-state index contributed by atoms with van der Waals surface area (Å²) in [6, 6.07) is 0. The van der Waals surface area contributed by atoms with Crippen LogP contribution in [-0.2, 0) is 14.2 Å². The van der Waals surface area contributed by atoms with Crippen LogP contribution in [0.15, 0.2) is 0 Å². The van der Waals surface area contributed by atoms with Gasteiger partial charge in [0.1, 0.15) is 0 Å². The second-order valence-electron chi connectivity index (χ2n) is 5.73. The predicted octanol–water partition coefficient (Wildman–Crippen LogP) is 5.32. The molecule has 0 spiro atoms. The first-order valence-corrected chi connectivity index (χ1v) is 7.86. The van der Waals surface area contributed by atoms with E-state index >= 15 is 0 Å². The van der Waals surface area contributed by atoms with E-state index in [0.29, 0.717) is 0 Å². The van der Waals surface area contributed by atoms with Gasteiger partial charge in [0.05, 0.1) is 19.8 Å². The monoisotopic (exact) mass is 520 g/mol. The first-order valence-electron chi connectivity index (χ1n) is 7.33. The summed E-state index contributed by atoms with van der Waals surface area (Å²) in [4.78, 5) is 0. The van der Waals surface area contributed by atoms with Gasteiger partial charge >= 0.3 is 47.7 Å². The third kappa shape index (κ3) is 3.70. The lowest BCUT2D eigenvalue weighted by molar-refractivity contribution is -0.497. The first kappa shape index (κ1) is 28.2. The standard InChI is InChI=1S/C12H8ClF15O3/c13-1-2-29-12(30-3-4-31-12)10(24,25)8(20,21)6(16,17)5(14,15)7(18,19)9(22,23)11(26,27)28/h1-4H2.